The number of hydrogen-bond acceptors (Lipinski definition) is 4. The van der Waals surface area contributed by atoms with Crippen molar-refractivity contribution in [3.05, 3.63) is 24.3 Å². The molecule has 0 saturated carbocycles. The smallest absolute Gasteiger partial charge is 0.265 e. The van der Waals surface area contributed by atoms with E-state index in [0.717, 1.165) is 19.4 Å². The zero-order valence-corrected chi connectivity index (χ0v) is 12.6. The first-order valence-electron chi connectivity index (χ1n) is 7.58. The summed E-state index contributed by atoms with van der Waals surface area (Å²) >= 11 is 0. The maximum atomic E-state index is 12.2. The molecule has 0 aromatic heterocycles. The average Bonchev–Trinajstić information content (AvgIpc) is 3.04. The van der Waals surface area contributed by atoms with Crippen molar-refractivity contribution < 1.29 is 19.1 Å². The van der Waals surface area contributed by atoms with Crippen LogP contribution < -0.4 is 15.0 Å². The van der Waals surface area contributed by atoms with Gasteiger partial charge >= 0.3 is 0 Å². The topological polar surface area (TPSA) is 67.9 Å². The molecule has 2 aliphatic rings. The fraction of sp³-hybridized carbons (Fsp3) is 0.500. The standard InChI is InChI=1S/C16H20N2O4/c1-11(13-7-4-8-21-13)17-15(19)9-18-12-5-2-3-6-14(12)22-10-16(18)20/h2-3,5-6,11,13H,4,7-10H2,1H3,(H,17,19)/t11-,13-/m1/s1. The molecule has 1 N–H and O–H groups in total. The molecular formula is C16H20N2O4. The molecule has 2 amide bonds. The second kappa shape index (κ2) is 6.36. The van der Waals surface area contributed by atoms with Gasteiger partial charge in [-0.1, -0.05) is 12.1 Å². The number of amides is 2. The monoisotopic (exact) mass is 304 g/mol. The summed E-state index contributed by atoms with van der Waals surface area (Å²) in [5.74, 6) is 0.230. The highest BCUT2D eigenvalue weighted by Gasteiger charge is 2.29. The van der Waals surface area contributed by atoms with Crippen molar-refractivity contribution in [3.63, 3.8) is 0 Å². The molecule has 6 heteroatoms. The Hall–Kier alpha value is -2.08. The number of hydrogen-bond donors (Lipinski definition) is 1. The molecule has 1 aromatic rings. The lowest BCUT2D eigenvalue weighted by molar-refractivity contribution is -0.126. The largest absolute Gasteiger partial charge is 0.482 e. The number of para-hydroxylation sites is 2. The van der Waals surface area contributed by atoms with E-state index in [-0.39, 0.29) is 37.1 Å². The van der Waals surface area contributed by atoms with Crippen molar-refractivity contribution in [1.82, 2.24) is 5.32 Å². The lowest BCUT2D eigenvalue weighted by Crippen LogP contribution is -2.49. The van der Waals surface area contributed by atoms with Gasteiger partial charge in [-0.3, -0.25) is 14.5 Å². The second-order valence-electron chi connectivity index (χ2n) is 5.64. The van der Waals surface area contributed by atoms with Crippen molar-refractivity contribution in [2.24, 2.45) is 0 Å². The molecule has 0 unspecified atom stereocenters. The average molecular weight is 304 g/mol. The first-order valence-corrected chi connectivity index (χ1v) is 7.58. The van der Waals surface area contributed by atoms with E-state index in [1.165, 1.54) is 4.90 Å². The Morgan fingerprint density at radius 3 is 3.05 bits per heavy atom. The second-order valence-corrected chi connectivity index (χ2v) is 5.64. The fourth-order valence-corrected chi connectivity index (χ4v) is 2.86. The van der Waals surface area contributed by atoms with E-state index in [9.17, 15) is 9.59 Å². The minimum absolute atomic E-state index is 0.00370. The molecule has 1 fully saturated rings. The first-order chi connectivity index (χ1) is 10.6. The van der Waals surface area contributed by atoms with Gasteiger partial charge in [0.25, 0.3) is 5.91 Å². The maximum absolute atomic E-state index is 12.2. The Morgan fingerprint density at radius 2 is 2.27 bits per heavy atom. The van der Waals surface area contributed by atoms with Crippen LogP contribution in [0.2, 0.25) is 0 Å². The molecule has 22 heavy (non-hydrogen) atoms. The molecule has 2 atom stereocenters. The lowest BCUT2D eigenvalue weighted by atomic mass is 10.1. The predicted molar refractivity (Wildman–Crippen MR) is 80.9 cm³/mol. The zero-order chi connectivity index (χ0) is 15.5. The van der Waals surface area contributed by atoms with Gasteiger partial charge in [0.1, 0.15) is 12.3 Å². The van der Waals surface area contributed by atoms with Crippen molar-refractivity contribution in [3.8, 4) is 5.75 Å². The van der Waals surface area contributed by atoms with Crippen LogP contribution in [0.4, 0.5) is 5.69 Å². The number of carbonyl (C=O) groups is 2. The number of nitrogens with zero attached hydrogens (tertiary/aromatic N) is 1. The third-order valence-corrected chi connectivity index (χ3v) is 4.02. The van der Waals surface area contributed by atoms with Crippen LogP contribution in [0.1, 0.15) is 19.8 Å². The Kier molecular flexibility index (Phi) is 4.29. The molecule has 0 spiro atoms. The summed E-state index contributed by atoms with van der Waals surface area (Å²) in [5.41, 5.74) is 0.638. The van der Waals surface area contributed by atoms with Crippen LogP contribution >= 0.6 is 0 Å². The Morgan fingerprint density at radius 1 is 1.45 bits per heavy atom. The van der Waals surface area contributed by atoms with Gasteiger partial charge in [0, 0.05) is 6.61 Å². The fourth-order valence-electron chi connectivity index (χ4n) is 2.86. The lowest BCUT2D eigenvalue weighted by Gasteiger charge is -2.29. The van der Waals surface area contributed by atoms with Crippen LogP contribution in [0.25, 0.3) is 0 Å². The van der Waals surface area contributed by atoms with Crippen molar-refractivity contribution in [1.29, 1.82) is 0 Å². The quantitative estimate of drug-likeness (QED) is 0.904. The van der Waals surface area contributed by atoms with E-state index in [1.54, 1.807) is 12.1 Å². The molecule has 1 aromatic carbocycles. The Labute approximate surface area is 129 Å². The number of carbonyl (C=O) groups excluding carboxylic acids is 2. The highest BCUT2D eigenvalue weighted by molar-refractivity contribution is 6.02. The third kappa shape index (κ3) is 3.06. The molecule has 0 bridgehead atoms. The summed E-state index contributed by atoms with van der Waals surface area (Å²) < 4.78 is 10.9. The van der Waals surface area contributed by atoms with Gasteiger partial charge in [0.2, 0.25) is 5.91 Å². The van der Waals surface area contributed by atoms with E-state index < -0.39 is 0 Å². The minimum Gasteiger partial charge on any atom is -0.482 e. The van der Waals surface area contributed by atoms with Crippen molar-refractivity contribution in [2.45, 2.75) is 31.9 Å². The van der Waals surface area contributed by atoms with Crippen molar-refractivity contribution in [2.75, 3.05) is 24.7 Å². The van der Waals surface area contributed by atoms with Crippen LogP contribution in [0.15, 0.2) is 24.3 Å². The summed E-state index contributed by atoms with van der Waals surface area (Å²) in [5, 5.41) is 2.92. The Balaban J connectivity index is 1.64. The van der Waals surface area contributed by atoms with E-state index in [0.29, 0.717) is 11.4 Å². The molecule has 0 radical (unpaired) electrons. The number of rotatable bonds is 4. The van der Waals surface area contributed by atoms with E-state index in [1.807, 2.05) is 19.1 Å². The molecule has 2 heterocycles. The van der Waals surface area contributed by atoms with Crippen LogP contribution in [-0.4, -0.2) is 43.7 Å². The highest BCUT2D eigenvalue weighted by Crippen LogP contribution is 2.31. The zero-order valence-electron chi connectivity index (χ0n) is 12.6. The number of ether oxygens (including phenoxy) is 2. The van der Waals surface area contributed by atoms with Crippen LogP contribution in [0.3, 0.4) is 0 Å². The summed E-state index contributed by atoms with van der Waals surface area (Å²) in [6.45, 7) is 2.64. The number of benzene rings is 1. The number of anilines is 1. The number of nitrogens with one attached hydrogen (secondary N) is 1. The number of fused-ring (bicyclic) bond motifs is 1. The molecule has 0 aliphatic carbocycles. The van der Waals surface area contributed by atoms with Gasteiger partial charge < -0.3 is 14.8 Å². The molecule has 118 valence electrons. The SMILES string of the molecule is C[C@@H](NC(=O)CN1C(=O)COc2ccccc21)[C@H]1CCCO1. The summed E-state index contributed by atoms with van der Waals surface area (Å²) in [6.07, 6.45) is 2.05. The van der Waals surface area contributed by atoms with E-state index in [4.69, 9.17) is 9.47 Å². The van der Waals surface area contributed by atoms with Crippen molar-refractivity contribution >= 4 is 17.5 Å². The van der Waals surface area contributed by atoms with Crippen LogP contribution in [0.5, 0.6) is 5.75 Å². The Bertz CT molecular complexity index is 569. The molecule has 3 rings (SSSR count). The third-order valence-electron chi connectivity index (χ3n) is 4.02. The first kappa shape index (κ1) is 14.8. The van der Waals surface area contributed by atoms with Crippen LogP contribution in [0, 0.1) is 0 Å². The maximum Gasteiger partial charge on any atom is 0.265 e. The van der Waals surface area contributed by atoms with E-state index in [2.05, 4.69) is 5.32 Å². The predicted octanol–water partition coefficient (Wildman–Crippen LogP) is 1.10. The van der Waals surface area contributed by atoms with Crippen LogP contribution in [-0.2, 0) is 14.3 Å². The van der Waals surface area contributed by atoms with Gasteiger partial charge in [-0.25, -0.2) is 0 Å². The van der Waals surface area contributed by atoms with Gasteiger partial charge in [-0.2, -0.15) is 0 Å². The summed E-state index contributed by atoms with van der Waals surface area (Å²) in [7, 11) is 0. The molecule has 2 aliphatic heterocycles. The van der Waals surface area contributed by atoms with Gasteiger partial charge in [-0.05, 0) is 31.9 Å². The molecule has 1 saturated heterocycles. The summed E-state index contributed by atoms with van der Waals surface area (Å²) in [6, 6.07) is 7.18. The minimum atomic E-state index is -0.210. The highest BCUT2D eigenvalue weighted by atomic mass is 16.5. The van der Waals surface area contributed by atoms with Gasteiger partial charge in [-0.15, -0.1) is 0 Å². The van der Waals surface area contributed by atoms with E-state index >= 15 is 0 Å². The van der Waals surface area contributed by atoms with Gasteiger partial charge in [0.15, 0.2) is 6.61 Å². The molecular weight excluding hydrogens is 284 g/mol. The van der Waals surface area contributed by atoms with Gasteiger partial charge in [0.05, 0.1) is 17.8 Å². The normalized spacial score (nSPS) is 22.0. The summed E-state index contributed by atoms with van der Waals surface area (Å²) in [4.78, 5) is 25.7. The molecule has 6 nitrogen and oxygen atoms in total.